The number of cyclic esters (lactones) is 1. The molecular formula is C24H27NO4. The Morgan fingerprint density at radius 2 is 1.69 bits per heavy atom. The van der Waals surface area contributed by atoms with Crippen molar-refractivity contribution in [1.82, 2.24) is 4.90 Å². The molecule has 1 aliphatic rings. The Bertz CT molecular complexity index is 834. The van der Waals surface area contributed by atoms with Gasteiger partial charge in [0.1, 0.15) is 6.04 Å². The van der Waals surface area contributed by atoms with Gasteiger partial charge in [-0.05, 0) is 31.4 Å². The molecule has 0 spiro atoms. The van der Waals surface area contributed by atoms with E-state index in [0.717, 1.165) is 11.1 Å². The molecule has 1 amide bonds. The van der Waals surface area contributed by atoms with Crippen LogP contribution in [0, 0.1) is 0 Å². The van der Waals surface area contributed by atoms with E-state index in [1.165, 1.54) is 0 Å². The number of carbonyl (C=O) groups is 2. The molecule has 0 aromatic heterocycles. The zero-order chi connectivity index (χ0) is 20.6. The van der Waals surface area contributed by atoms with Crippen molar-refractivity contribution in [2.75, 3.05) is 6.61 Å². The van der Waals surface area contributed by atoms with Crippen LogP contribution in [0.25, 0.3) is 0 Å². The van der Waals surface area contributed by atoms with Gasteiger partial charge in [0.15, 0.2) is 6.10 Å². The van der Waals surface area contributed by atoms with Crippen LogP contribution in [0.4, 0.5) is 0 Å². The molecule has 5 heteroatoms. The summed E-state index contributed by atoms with van der Waals surface area (Å²) in [5.74, 6) is -0.533. The topological polar surface area (TPSA) is 55.8 Å². The third-order valence-corrected chi connectivity index (χ3v) is 5.05. The normalized spacial score (nSPS) is 20.7. The Morgan fingerprint density at radius 3 is 2.38 bits per heavy atom. The molecule has 0 aliphatic carbocycles. The third-order valence-electron chi connectivity index (χ3n) is 5.05. The van der Waals surface area contributed by atoms with Crippen LogP contribution in [0.5, 0.6) is 0 Å². The minimum atomic E-state index is -0.761. The molecule has 0 bridgehead atoms. The molecule has 3 atom stereocenters. The Labute approximate surface area is 171 Å². The summed E-state index contributed by atoms with van der Waals surface area (Å²) < 4.78 is 10.9. The van der Waals surface area contributed by atoms with E-state index in [2.05, 4.69) is 0 Å². The van der Waals surface area contributed by atoms with Gasteiger partial charge in [-0.15, -0.1) is 0 Å². The maximum absolute atomic E-state index is 12.8. The Balaban J connectivity index is 1.61. The number of benzene rings is 2. The van der Waals surface area contributed by atoms with Crippen molar-refractivity contribution in [1.29, 1.82) is 0 Å². The van der Waals surface area contributed by atoms with Crippen molar-refractivity contribution < 1.29 is 19.1 Å². The van der Waals surface area contributed by atoms with E-state index in [9.17, 15) is 9.59 Å². The molecule has 1 heterocycles. The number of nitrogens with zero attached hydrogens (tertiary/aromatic N) is 1. The summed E-state index contributed by atoms with van der Waals surface area (Å²) in [5.41, 5.74) is 2.10. The zero-order valence-electron chi connectivity index (χ0n) is 16.9. The molecule has 1 saturated heterocycles. The SMILES string of the molecule is C[C@@H]1OC(=O)[C@@H](C/C=C\COCc2ccccc2)N([C@@H](C)c2ccccc2)C1=O. The van der Waals surface area contributed by atoms with Gasteiger partial charge in [-0.2, -0.15) is 0 Å². The second-order valence-corrected chi connectivity index (χ2v) is 7.13. The first kappa shape index (κ1) is 20.8. The van der Waals surface area contributed by atoms with Crippen LogP contribution in [0.3, 0.4) is 0 Å². The maximum Gasteiger partial charge on any atom is 0.329 e. The van der Waals surface area contributed by atoms with Gasteiger partial charge in [-0.3, -0.25) is 4.79 Å². The smallest absolute Gasteiger partial charge is 0.329 e. The summed E-state index contributed by atoms with van der Waals surface area (Å²) in [6.45, 7) is 4.53. The van der Waals surface area contributed by atoms with Crippen molar-refractivity contribution >= 4 is 11.9 Å². The van der Waals surface area contributed by atoms with Crippen molar-refractivity contribution in [3.63, 3.8) is 0 Å². The lowest BCUT2D eigenvalue weighted by Gasteiger charge is -2.40. The minimum Gasteiger partial charge on any atom is -0.451 e. The fourth-order valence-electron chi connectivity index (χ4n) is 3.46. The summed E-state index contributed by atoms with van der Waals surface area (Å²) in [6.07, 6.45) is 3.39. The third kappa shape index (κ3) is 5.33. The Hall–Kier alpha value is -2.92. The molecule has 0 unspecified atom stereocenters. The molecule has 1 fully saturated rings. The number of hydrogen-bond donors (Lipinski definition) is 0. The lowest BCUT2D eigenvalue weighted by atomic mass is 10.0. The number of ether oxygens (including phenoxy) is 2. The highest BCUT2D eigenvalue weighted by molar-refractivity contribution is 5.92. The highest BCUT2D eigenvalue weighted by Crippen LogP contribution is 2.29. The molecule has 0 N–H and O–H groups in total. The number of morpholine rings is 1. The zero-order valence-corrected chi connectivity index (χ0v) is 16.9. The van der Waals surface area contributed by atoms with Gasteiger partial charge in [0.05, 0.1) is 19.3 Å². The number of esters is 1. The molecule has 2 aromatic rings. The van der Waals surface area contributed by atoms with E-state index in [1.807, 2.05) is 79.7 Å². The fourth-order valence-corrected chi connectivity index (χ4v) is 3.46. The molecule has 2 aromatic carbocycles. The van der Waals surface area contributed by atoms with E-state index in [-0.39, 0.29) is 17.9 Å². The first-order valence-corrected chi connectivity index (χ1v) is 9.92. The molecule has 29 heavy (non-hydrogen) atoms. The van der Waals surface area contributed by atoms with Crippen molar-refractivity contribution in [2.45, 2.75) is 45.1 Å². The summed E-state index contributed by atoms with van der Waals surface area (Å²) in [5, 5.41) is 0. The first-order chi connectivity index (χ1) is 14.1. The van der Waals surface area contributed by atoms with Gasteiger partial charge in [0, 0.05) is 0 Å². The fraction of sp³-hybridized carbons (Fsp3) is 0.333. The maximum atomic E-state index is 12.8. The van der Waals surface area contributed by atoms with E-state index in [0.29, 0.717) is 19.6 Å². The van der Waals surface area contributed by atoms with Gasteiger partial charge in [-0.25, -0.2) is 4.79 Å². The van der Waals surface area contributed by atoms with E-state index in [1.54, 1.807) is 11.8 Å². The van der Waals surface area contributed by atoms with Crippen LogP contribution < -0.4 is 0 Å². The number of amides is 1. The van der Waals surface area contributed by atoms with Gasteiger partial charge >= 0.3 is 5.97 Å². The summed E-state index contributed by atoms with van der Waals surface area (Å²) >= 11 is 0. The Kier molecular flexibility index (Phi) is 7.19. The lowest BCUT2D eigenvalue weighted by molar-refractivity contribution is -0.179. The largest absolute Gasteiger partial charge is 0.451 e. The number of hydrogen-bond acceptors (Lipinski definition) is 4. The molecule has 0 radical (unpaired) electrons. The van der Waals surface area contributed by atoms with Crippen molar-refractivity contribution in [2.24, 2.45) is 0 Å². The number of rotatable bonds is 8. The molecule has 0 saturated carbocycles. The van der Waals surface area contributed by atoms with E-state index in [4.69, 9.17) is 9.47 Å². The van der Waals surface area contributed by atoms with Crippen molar-refractivity contribution in [3.8, 4) is 0 Å². The first-order valence-electron chi connectivity index (χ1n) is 9.92. The van der Waals surface area contributed by atoms with Crippen LogP contribution in [-0.4, -0.2) is 35.5 Å². The van der Waals surface area contributed by atoms with Crippen LogP contribution in [0.15, 0.2) is 72.8 Å². The second kappa shape index (κ2) is 10.0. The number of carbonyl (C=O) groups excluding carboxylic acids is 2. The highest BCUT2D eigenvalue weighted by Gasteiger charge is 2.42. The molecule has 5 nitrogen and oxygen atoms in total. The van der Waals surface area contributed by atoms with Crippen LogP contribution >= 0.6 is 0 Å². The predicted molar refractivity (Wildman–Crippen MR) is 111 cm³/mol. The quantitative estimate of drug-likeness (QED) is 0.386. The van der Waals surface area contributed by atoms with Gasteiger partial charge in [0.25, 0.3) is 5.91 Å². The van der Waals surface area contributed by atoms with Gasteiger partial charge < -0.3 is 14.4 Å². The predicted octanol–water partition coefficient (Wildman–Crippen LogP) is 4.05. The molecule has 152 valence electrons. The van der Waals surface area contributed by atoms with Crippen LogP contribution in [-0.2, 0) is 25.7 Å². The highest BCUT2D eigenvalue weighted by atomic mass is 16.6. The second-order valence-electron chi connectivity index (χ2n) is 7.13. The van der Waals surface area contributed by atoms with Crippen LogP contribution in [0.2, 0.25) is 0 Å². The summed E-state index contributed by atoms with van der Waals surface area (Å²) in [7, 11) is 0. The lowest BCUT2D eigenvalue weighted by Crippen LogP contribution is -2.56. The molecular weight excluding hydrogens is 366 g/mol. The minimum absolute atomic E-state index is 0.167. The van der Waals surface area contributed by atoms with Gasteiger partial charge in [0.2, 0.25) is 0 Å². The van der Waals surface area contributed by atoms with E-state index >= 15 is 0 Å². The Morgan fingerprint density at radius 1 is 1.03 bits per heavy atom. The molecule has 1 aliphatic heterocycles. The molecule has 3 rings (SSSR count). The average Bonchev–Trinajstić information content (AvgIpc) is 2.75. The monoisotopic (exact) mass is 393 g/mol. The van der Waals surface area contributed by atoms with E-state index < -0.39 is 12.1 Å². The summed E-state index contributed by atoms with van der Waals surface area (Å²) in [4.78, 5) is 27.0. The summed E-state index contributed by atoms with van der Waals surface area (Å²) in [6, 6.07) is 18.8. The van der Waals surface area contributed by atoms with Gasteiger partial charge in [-0.1, -0.05) is 72.8 Å². The standard InChI is InChI=1S/C24H27NO4/c1-18(21-13-7-4-8-14-21)25-22(24(27)29-19(2)23(25)26)15-9-10-16-28-17-20-11-5-3-6-12-20/h3-14,18-19,22H,15-17H2,1-2H3/b10-9-/t18-,19-,22+/m0/s1. The van der Waals surface area contributed by atoms with Crippen molar-refractivity contribution in [3.05, 3.63) is 83.9 Å². The van der Waals surface area contributed by atoms with Crippen LogP contribution in [0.1, 0.15) is 37.4 Å². The average molecular weight is 393 g/mol.